The third-order valence-corrected chi connectivity index (χ3v) is 5.27. The number of amides is 1. The second-order valence-corrected chi connectivity index (χ2v) is 7.37. The molecular formula is C21H26ClN2O3+. The van der Waals surface area contributed by atoms with E-state index in [9.17, 15) is 4.79 Å². The van der Waals surface area contributed by atoms with Crippen molar-refractivity contribution in [2.75, 3.05) is 19.5 Å². The van der Waals surface area contributed by atoms with Crippen molar-refractivity contribution in [2.24, 2.45) is 0 Å². The van der Waals surface area contributed by atoms with Crippen LogP contribution in [-0.4, -0.2) is 32.2 Å². The molecule has 144 valence electrons. The molecule has 5 nitrogen and oxygen atoms in total. The van der Waals surface area contributed by atoms with E-state index in [0.717, 1.165) is 25.1 Å². The summed E-state index contributed by atoms with van der Waals surface area (Å²) < 4.78 is 10.6. The predicted molar refractivity (Wildman–Crippen MR) is 107 cm³/mol. The lowest BCUT2D eigenvalue weighted by Gasteiger charge is -2.26. The molecule has 1 saturated carbocycles. The number of carbonyl (C=O) groups is 1. The summed E-state index contributed by atoms with van der Waals surface area (Å²) in [7, 11) is 3.24. The van der Waals surface area contributed by atoms with Gasteiger partial charge in [-0.1, -0.05) is 11.6 Å². The highest BCUT2D eigenvalue weighted by molar-refractivity contribution is 6.31. The monoisotopic (exact) mass is 389 g/mol. The number of ether oxygens (including phenoxy) is 2. The Kier molecular flexibility index (Phi) is 6.24. The number of hydrogen-bond acceptors (Lipinski definition) is 3. The van der Waals surface area contributed by atoms with Crippen LogP contribution in [0.25, 0.3) is 0 Å². The molecule has 2 N–H and O–H groups in total. The molecule has 0 heterocycles. The average Bonchev–Trinajstić information content (AvgIpc) is 3.51. The topological polar surface area (TPSA) is 52.0 Å². The Morgan fingerprint density at radius 1 is 1.19 bits per heavy atom. The highest BCUT2D eigenvalue weighted by atomic mass is 35.5. The molecule has 6 heteroatoms. The molecule has 1 unspecified atom stereocenters. The zero-order chi connectivity index (χ0) is 19.4. The fraction of sp³-hybridized carbons (Fsp3) is 0.381. The van der Waals surface area contributed by atoms with Gasteiger partial charge in [-0.15, -0.1) is 0 Å². The Morgan fingerprint density at radius 2 is 1.89 bits per heavy atom. The Hall–Kier alpha value is -2.24. The van der Waals surface area contributed by atoms with Crippen molar-refractivity contribution in [3.05, 3.63) is 53.1 Å². The summed E-state index contributed by atoms with van der Waals surface area (Å²) in [5.74, 6) is 1.40. The first-order valence-corrected chi connectivity index (χ1v) is 9.52. The fourth-order valence-electron chi connectivity index (χ4n) is 3.27. The Labute approximate surface area is 165 Å². The lowest BCUT2D eigenvalue weighted by Crippen LogP contribution is -3.16. The average molecular weight is 390 g/mol. The molecule has 1 amide bonds. The van der Waals surface area contributed by atoms with Crippen LogP contribution in [0.4, 0.5) is 5.69 Å². The van der Waals surface area contributed by atoms with E-state index < -0.39 is 0 Å². The van der Waals surface area contributed by atoms with E-state index in [2.05, 4.69) is 17.4 Å². The summed E-state index contributed by atoms with van der Waals surface area (Å²) in [6, 6.07) is 13.6. The highest BCUT2D eigenvalue weighted by Crippen LogP contribution is 2.27. The van der Waals surface area contributed by atoms with Crippen LogP contribution < -0.4 is 19.7 Å². The minimum absolute atomic E-state index is 0.0361. The number of carbonyl (C=O) groups excluding carboxylic acids is 1. The molecule has 3 rings (SSSR count). The smallest absolute Gasteiger partial charge is 0.282 e. The molecule has 0 spiro atoms. The normalized spacial score (nSPS) is 15.7. The van der Waals surface area contributed by atoms with E-state index in [1.165, 1.54) is 10.5 Å². The maximum Gasteiger partial charge on any atom is 0.282 e. The number of anilines is 1. The SMILES string of the molecule is COc1ccc(C[NH+](C2CC2)[C@@H](C)C(=O)Nc2cc(Cl)ccc2OC)cc1. The highest BCUT2D eigenvalue weighted by Gasteiger charge is 2.39. The van der Waals surface area contributed by atoms with Gasteiger partial charge < -0.3 is 19.7 Å². The molecule has 1 aliphatic carbocycles. The Balaban J connectivity index is 1.71. The molecule has 0 bridgehead atoms. The number of benzene rings is 2. The van der Waals surface area contributed by atoms with Crippen molar-refractivity contribution < 1.29 is 19.2 Å². The second-order valence-electron chi connectivity index (χ2n) is 6.93. The summed E-state index contributed by atoms with van der Waals surface area (Å²) >= 11 is 6.07. The van der Waals surface area contributed by atoms with Crippen LogP contribution in [0.1, 0.15) is 25.3 Å². The maximum absolute atomic E-state index is 12.9. The van der Waals surface area contributed by atoms with Gasteiger partial charge in [0, 0.05) is 23.4 Å². The number of quaternary nitrogens is 1. The first-order valence-electron chi connectivity index (χ1n) is 9.14. The summed E-state index contributed by atoms with van der Waals surface area (Å²) in [6.45, 7) is 2.78. The number of nitrogens with one attached hydrogen (secondary N) is 2. The second kappa shape index (κ2) is 8.63. The van der Waals surface area contributed by atoms with Gasteiger partial charge in [0.25, 0.3) is 5.91 Å². The quantitative estimate of drug-likeness (QED) is 0.729. The first kappa shape index (κ1) is 19.5. The number of methoxy groups -OCH3 is 2. The van der Waals surface area contributed by atoms with Gasteiger partial charge in [0.1, 0.15) is 18.0 Å². The molecule has 0 radical (unpaired) electrons. The third kappa shape index (κ3) is 4.93. The van der Waals surface area contributed by atoms with Crippen LogP contribution in [0, 0.1) is 0 Å². The molecule has 1 fully saturated rings. The molecule has 0 saturated heterocycles. The van der Waals surface area contributed by atoms with Crippen LogP contribution in [0.2, 0.25) is 5.02 Å². The van der Waals surface area contributed by atoms with Crippen molar-refractivity contribution in [1.29, 1.82) is 0 Å². The van der Waals surface area contributed by atoms with E-state index in [4.69, 9.17) is 21.1 Å². The van der Waals surface area contributed by atoms with Crippen LogP contribution in [0.5, 0.6) is 11.5 Å². The Morgan fingerprint density at radius 3 is 2.48 bits per heavy atom. The van der Waals surface area contributed by atoms with Gasteiger partial charge in [-0.05, 0) is 49.4 Å². The van der Waals surface area contributed by atoms with Crippen LogP contribution in [-0.2, 0) is 11.3 Å². The molecule has 27 heavy (non-hydrogen) atoms. The van der Waals surface area contributed by atoms with Crippen LogP contribution in [0.15, 0.2) is 42.5 Å². The van der Waals surface area contributed by atoms with E-state index in [0.29, 0.717) is 22.5 Å². The summed E-state index contributed by atoms with van der Waals surface area (Å²) in [5, 5.41) is 3.54. The number of halogens is 1. The van der Waals surface area contributed by atoms with E-state index in [1.54, 1.807) is 32.4 Å². The van der Waals surface area contributed by atoms with Crippen molar-refractivity contribution in [2.45, 2.75) is 38.4 Å². The van der Waals surface area contributed by atoms with Crippen molar-refractivity contribution in [3.8, 4) is 11.5 Å². The zero-order valence-electron chi connectivity index (χ0n) is 15.9. The molecule has 0 aromatic heterocycles. The zero-order valence-corrected chi connectivity index (χ0v) is 16.7. The first-order chi connectivity index (χ1) is 13.0. The van der Waals surface area contributed by atoms with Gasteiger partial charge >= 0.3 is 0 Å². The van der Waals surface area contributed by atoms with Gasteiger partial charge in [-0.2, -0.15) is 0 Å². The van der Waals surface area contributed by atoms with Gasteiger partial charge in [0.15, 0.2) is 6.04 Å². The lowest BCUT2D eigenvalue weighted by atomic mass is 10.1. The Bertz CT molecular complexity index is 791. The fourth-order valence-corrected chi connectivity index (χ4v) is 3.44. The van der Waals surface area contributed by atoms with Gasteiger partial charge in [0.05, 0.1) is 25.9 Å². The van der Waals surface area contributed by atoms with Crippen molar-refractivity contribution in [3.63, 3.8) is 0 Å². The van der Waals surface area contributed by atoms with Gasteiger partial charge in [-0.25, -0.2) is 0 Å². The maximum atomic E-state index is 12.9. The minimum Gasteiger partial charge on any atom is -0.497 e. The van der Waals surface area contributed by atoms with Gasteiger partial charge in [0.2, 0.25) is 0 Å². The minimum atomic E-state index is -0.191. The molecule has 0 aliphatic heterocycles. The molecule has 1 aliphatic rings. The van der Waals surface area contributed by atoms with Gasteiger partial charge in [-0.3, -0.25) is 4.79 Å². The molecular weight excluding hydrogens is 364 g/mol. The molecule has 2 aromatic carbocycles. The molecule has 2 atom stereocenters. The van der Waals surface area contributed by atoms with E-state index >= 15 is 0 Å². The largest absolute Gasteiger partial charge is 0.497 e. The van der Waals surface area contributed by atoms with Crippen molar-refractivity contribution >= 4 is 23.2 Å². The summed E-state index contributed by atoms with van der Waals surface area (Å²) in [5.41, 5.74) is 1.79. The van der Waals surface area contributed by atoms with Crippen molar-refractivity contribution in [1.82, 2.24) is 0 Å². The third-order valence-electron chi connectivity index (χ3n) is 5.04. The van der Waals surface area contributed by atoms with E-state index in [-0.39, 0.29) is 11.9 Å². The number of hydrogen-bond donors (Lipinski definition) is 2. The van der Waals surface area contributed by atoms with E-state index in [1.807, 2.05) is 19.1 Å². The van der Waals surface area contributed by atoms with Crippen LogP contribution >= 0.6 is 11.6 Å². The van der Waals surface area contributed by atoms with Crippen LogP contribution in [0.3, 0.4) is 0 Å². The molecule has 2 aromatic rings. The standard InChI is InChI=1S/C21H25ClN2O3/c1-14(21(25)23-19-12-16(22)6-11-20(19)27-3)24(17-7-8-17)13-15-4-9-18(26-2)10-5-15/h4-6,9-12,14,17H,7-8,13H2,1-3H3,(H,23,25)/p+1/t14-/m0/s1. The summed E-state index contributed by atoms with van der Waals surface area (Å²) in [6.07, 6.45) is 2.31. The number of rotatable bonds is 8. The lowest BCUT2D eigenvalue weighted by molar-refractivity contribution is -0.938. The predicted octanol–water partition coefficient (Wildman–Crippen LogP) is 2.93. The summed E-state index contributed by atoms with van der Waals surface area (Å²) in [4.78, 5) is 14.2.